The predicted molar refractivity (Wildman–Crippen MR) is 101 cm³/mol. The molecule has 2 aromatic carbocycles. The molecule has 4 heteroatoms. The minimum Gasteiger partial charge on any atom is -0.496 e. The van der Waals surface area contributed by atoms with Crippen LogP contribution in [0, 0.1) is 13.8 Å². The zero-order valence-corrected chi connectivity index (χ0v) is 15.0. The van der Waals surface area contributed by atoms with Crippen molar-refractivity contribution < 1.29 is 4.74 Å². The van der Waals surface area contributed by atoms with Crippen LogP contribution in [0.4, 0.5) is 5.82 Å². The van der Waals surface area contributed by atoms with Gasteiger partial charge in [0, 0.05) is 24.1 Å². The fourth-order valence-corrected chi connectivity index (χ4v) is 3.54. The number of ether oxygens (including phenoxy) is 1. The number of methoxy groups -OCH3 is 1. The maximum absolute atomic E-state index is 5.51. The standard InChI is InChI=1S/C21H23N3O/c1-14-8-9-15(2)19(12-14)24-21-17(10-11-22-21)18(23-24)13-16-6-4-5-7-20(16)25-3/h4-9,12,22H,10-11,13H2,1-3H3. The monoisotopic (exact) mass is 333 g/mol. The van der Waals surface area contributed by atoms with Crippen molar-refractivity contribution in [1.29, 1.82) is 0 Å². The number of para-hydroxylation sites is 1. The molecule has 0 saturated carbocycles. The molecular weight excluding hydrogens is 310 g/mol. The molecule has 0 spiro atoms. The Hall–Kier alpha value is -2.75. The summed E-state index contributed by atoms with van der Waals surface area (Å²) < 4.78 is 7.59. The van der Waals surface area contributed by atoms with Gasteiger partial charge in [0.2, 0.25) is 0 Å². The third-order valence-corrected chi connectivity index (χ3v) is 4.88. The molecule has 3 aromatic rings. The molecule has 128 valence electrons. The van der Waals surface area contributed by atoms with E-state index in [-0.39, 0.29) is 0 Å². The van der Waals surface area contributed by atoms with E-state index in [0.29, 0.717) is 0 Å². The van der Waals surface area contributed by atoms with Gasteiger partial charge in [-0.25, -0.2) is 4.68 Å². The maximum atomic E-state index is 5.51. The SMILES string of the molecule is COc1ccccc1Cc1nn(-c2cc(C)ccc2C)c2c1CCN2. The maximum Gasteiger partial charge on any atom is 0.133 e. The highest BCUT2D eigenvalue weighted by Gasteiger charge is 2.24. The number of benzene rings is 2. The number of anilines is 1. The molecule has 0 atom stereocenters. The molecule has 1 N–H and O–H groups in total. The molecule has 0 unspecified atom stereocenters. The van der Waals surface area contributed by atoms with E-state index in [1.165, 1.54) is 22.3 Å². The number of hydrogen-bond donors (Lipinski definition) is 1. The Labute approximate surface area is 148 Å². The van der Waals surface area contributed by atoms with Gasteiger partial charge in [-0.1, -0.05) is 30.3 Å². The van der Waals surface area contributed by atoms with Gasteiger partial charge in [0.05, 0.1) is 18.5 Å². The van der Waals surface area contributed by atoms with Gasteiger partial charge in [0.25, 0.3) is 0 Å². The largest absolute Gasteiger partial charge is 0.496 e. The van der Waals surface area contributed by atoms with Gasteiger partial charge in [-0.15, -0.1) is 0 Å². The van der Waals surface area contributed by atoms with Crippen LogP contribution in [-0.4, -0.2) is 23.4 Å². The Kier molecular flexibility index (Phi) is 3.96. The van der Waals surface area contributed by atoms with Crippen LogP contribution in [0.5, 0.6) is 5.75 Å². The predicted octanol–water partition coefficient (Wildman–Crippen LogP) is 4.06. The van der Waals surface area contributed by atoms with Gasteiger partial charge < -0.3 is 10.1 Å². The van der Waals surface area contributed by atoms with Crippen molar-refractivity contribution in [3.05, 3.63) is 70.4 Å². The average molecular weight is 333 g/mol. The van der Waals surface area contributed by atoms with Crippen LogP contribution in [0.1, 0.15) is 27.9 Å². The number of hydrogen-bond acceptors (Lipinski definition) is 3. The number of nitrogens with one attached hydrogen (secondary N) is 1. The molecule has 0 aliphatic carbocycles. The molecule has 1 aliphatic heterocycles. The summed E-state index contributed by atoms with van der Waals surface area (Å²) in [6.07, 6.45) is 1.80. The van der Waals surface area contributed by atoms with Crippen molar-refractivity contribution in [2.24, 2.45) is 0 Å². The second-order valence-corrected chi connectivity index (χ2v) is 6.64. The van der Waals surface area contributed by atoms with E-state index in [1.807, 2.05) is 12.1 Å². The molecule has 2 heterocycles. The molecule has 25 heavy (non-hydrogen) atoms. The molecule has 1 aliphatic rings. The van der Waals surface area contributed by atoms with Crippen molar-refractivity contribution in [1.82, 2.24) is 9.78 Å². The topological polar surface area (TPSA) is 39.1 Å². The van der Waals surface area contributed by atoms with E-state index in [0.717, 1.165) is 42.3 Å². The average Bonchev–Trinajstić information content (AvgIpc) is 3.21. The fraction of sp³-hybridized carbons (Fsp3) is 0.286. The van der Waals surface area contributed by atoms with E-state index < -0.39 is 0 Å². The van der Waals surface area contributed by atoms with Crippen LogP contribution in [0.2, 0.25) is 0 Å². The number of fused-ring (bicyclic) bond motifs is 1. The first-order valence-electron chi connectivity index (χ1n) is 8.71. The van der Waals surface area contributed by atoms with E-state index in [9.17, 15) is 0 Å². The molecule has 0 amide bonds. The lowest BCUT2D eigenvalue weighted by atomic mass is 10.0. The molecule has 0 saturated heterocycles. The van der Waals surface area contributed by atoms with Crippen LogP contribution in [-0.2, 0) is 12.8 Å². The Balaban J connectivity index is 1.79. The van der Waals surface area contributed by atoms with Crippen molar-refractivity contribution in [2.45, 2.75) is 26.7 Å². The van der Waals surface area contributed by atoms with Gasteiger partial charge in [-0.2, -0.15) is 5.10 Å². The van der Waals surface area contributed by atoms with Crippen molar-refractivity contribution >= 4 is 5.82 Å². The molecule has 0 fully saturated rings. The number of rotatable bonds is 4. The summed E-state index contributed by atoms with van der Waals surface area (Å²) in [4.78, 5) is 0. The smallest absolute Gasteiger partial charge is 0.133 e. The lowest BCUT2D eigenvalue weighted by Gasteiger charge is -2.10. The summed E-state index contributed by atoms with van der Waals surface area (Å²) in [5.74, 6) is 2.06. The Bertz CT molecular complexity index is 927. The highest BCUT2D eigenvalue weighted by Crippen LogP contribution is 2.32. The van der Waals surface area contributed by atoms with Gasteiger partial charge in [0.1, 0.15) is 11.6 Å². The van der Waals surface area contributed by atoms with Crippen LogP contribution < -0.4 is 10.1 Å². The lowest BCUT2D eigenvalue weighted by molar-refractivity contribution is 0.410. The minimum absolute atomic E-state index is 0.784. The fourth-order valence-electron chi connectivity index (χ4n) is 3.54. The van der Waals surface area contributed by atoms with Gasteiger partial charge in [0.15, 0.2) is 0 Å². The number of aryl methyl sites for hydroxylation is 2. The van der Waals surface area contributed by atoms with Crippen molar-refractivity contribution in [3.8, 4) is 11.4 Å². The first-order chi connectivity index (χ1) is 12.2. The van der Waals surface area contributed by atoms with Gasteiger partial charge in [-0.05, 0) is 43.5 Å². The van der Waals surface area contributed by atoms with Gasteiger partial charge in [-0.3, -0.25) is 0 Å². The third-order valence-electron chi connectivity index (χ3n) is 4.88. The summed E-state index contributed by atoms with van der Waals surface area (Å²) >= 11 is 0. The van der Waals surface area contributed by atoms with Crippen LogP contribution in [0.15, 0.2) is 42.5 Å². The van der Waals surface area contributed by atoms with Crippen LogP contribution in [0.25, 0.3) is 5.69 Å². The van der Waals surface area contributed by atoms with Crippen LogP contribution in [0.3, 0.4) is 0 Å². The summed E-state index contributed by atoms with van der Waals surface area (Å²) in [6.45, 7) is 5.23. The lowest BCUT2D eigenvalue weighted by Crippen LogP contribution is -2.07. The van der Waals surface area contributed by atoms with E-state index >= 15 is 0 Å². The van der Waals surface area contributed by atoms with E-state index in [1.54, 1.807) is 7.11 Å². The third kappa shape index (κ3) is 2.78. The Morgan fingerprint density at radius 2 is 2.00 bits per heavy atom. The first kappa shape index (κ1) is 15.8. The second-order valence-electron chi connectivity index (χ2n) is 6.64. The summed E-state index contributed by atoms with van der Waals surface area (Å²) in [6, 6.07) is 14.7. The zero-order chi connectivity index (χ0) is 17.4. The first-order valence-corrected chi connectivity index (χ1v) is 8.71. The quantitative estimate of drug-likeness (QED) is 0.783. The minimum atomic E-state index is 0.784. The second kappa shape index (κ2) is 6.28. The number of aromatic nitrogens is 2. The zero-order valence-electron chi connectivity index (χ0n) is 15.0. The number of nitrogens with zero attached hydrogens (tertiary/aromatic N) is 2. The summed E-state index contributed by atoms with van der Waals surface area (Å²) in [5, 5.41) is 8.49. The normalized spacial score (nSPS) is 12.8. The molecule has 0 radical (unpaired) electrons. The summed E-state index contributed by atoms with van der Waals surface area (Å²) in [7, 11) is 1.72. The highest BCUT2D eigenvalue weighted by atomic mass is 16.5. The van der Waals surface area contributed by atoms with Gasteiger partial charge >= 0.3 is 0 Å². The molecule has 1 aromatic heterocycles. The summed E-state index contributed by atoms with van der Waals surface area (Å²) in [5.41, 5.74) is 7.25. The molecule has 4 rings (SSSR count). The molecule has 4 nitrogen and oxygen atoms in total. The van der Waals surface area contributed by atoms with Crippen molar-refractivity contribution in [3.63, 3.8) is 0 Å². The Morgan fingerprint density at radius 1 is 1.16 bits per heavy atom. The molecular formula is C21H23N3O. The van der Waals surface area contributed by atoms with Crippen molar-refractivity contribution in [2.75, 3.05) is 19.0 Å². The highest BCUT2D eigenvalue weighted by molar-refractivity contribution is 5.59. The van der Waals surface area contributed by atoms with Crippen LogP contribution >= 0.6 is 0 Å². The van der Waals surface area contributed by atoms with E-state index in [4.69, 9.17) is 9.84 Å². The molecule has 0 bridgehead atoms. The Morgan fingerprint density at radius 3 is 2.84 bits per heavy atom. The van der Waals surface area contributed by atoms with E-state index in [2.05, 4.69) is 54.2 Å².